The SMILES string of the molecule is CC.CO[C@@H]1O[C@H](CO)[C@H](O)C(O[C@@H]2O[C@H](CO)[C@H](O)[C@H](O)[C@H]2O)[C@H]1C[C@@H]1O[C@H](C)[C@@H](O)[C@@H](O)[C@@H]1O. The molecule has 3 fully saturated rings. The predicted octanol–water partition coefficient (Wildman–Crippen LogP) is -4.20. The van der Waals surface area contributed by atoms with Gasteiger partial charge in [-0.05, 0) is 13.3 Å². The van der Waals surface area contributed by atoms with Gasteiger partial charge < -0.3 is 69.6 Å². The van der Waals surface area contributed by atoms with Crippen molar-refractivity contribution in [3.63, 3.8) is 0 Å². The quantitative estimate of drug-likeness (QED) is 0.152. The van der Waals surface area contributed by atoms with Crippen LogP contribution in [0.2, 0.25) is 0 Å². The number of ether oxygens (including phenoxy) is 5. The largest absolute Gasteiger partial charge is 0.394 e. The molecule has 0 aliphatic carbocycles. The van der Waals surface area contributed by atoms with Gasteiger partial charge >= 0.3 is 0 Å². The van der Waals surface area contributed by atoms with Gasteiger partial charge in [-0.3, -0.25) is 0 Å². The first kappa shape index (κ1) is 31.7. The van der Waals surface area contributed by atoms with Crippen LogP contribution in [0.15, 0.2) is 0 Å². The van der Waals surface area contributed by atoms with Crippen molar-refractivity contribution in [2.24, 2.45) is 5.92 Å². The molecule has 1 unspecified atom stereocenters. The minimum Gasteiger partial charge on any atom is -0.394 e. The van der Waals surface area contributed by atoms with E-state index in [0.29, 0.717) is 0 Å². The number of methoxy groups -OCH3 is 1. The first-order valence-corrected chi connectivity index (χ1v) is 12.2. The van der Waals surface area contributed by atoms with E-state index in [4.69, 9.17) is 23.7 Å². The Morgan fingerprint density at radius 2 is 1.11 bits per heavy atom. The topological polar surface area (TPSA) is 228 Å². The van der Waals surface area contributed by atoms with E-state index in [1.165, 1.54) is 14.0 Å². The second kappa shape index (κ2) is 14.0. The Bertz CT molecular complexity index is 640. The fourth-order valence-electron chi connectivity index (χ4n) is 4.72. The molecule has 3 heterocycles. The van der Waals surface area contributed by atoms with Crippen LogP contribution in [0.3, 0.4) is 0 Å². The molecule has 0 spiro atoms. The van der Waals surface area contributed by atoms with Crippen LogP contribution >= 0.6 is 0 Å². The van der Waals surface area contributed by atoms with Crippen molar-refractivity contribution in [2.45, 2.75) is 113 Å². The van der Waals surface area contributed by atoms with Crippen LogP contribution in [0.1, 0.15) is 27.2 Å². The Hall–Kier alpha value is -0.560. The first-order valence-electron chi connectivity index (χ1n) is 12.2. The average molecular weight is 531 g/mol. The van der Waals surface area contributed by atoms with E-state index in [9.17, 15) is 46.0 Å². The highest BCUT2D eigenvalue weighted by Crippen LogP contribution is 2.37. The minimum absolute atomic E-state index is 0.120. The third-order valence-corrected chi connectivity index (χ3v) is 6.81. The van der Waals surface area contributed by atoms with E-state index in [1.807, 2.05) is 13.8 Å². The lowest BCUT2D eigenvalue weighted by molar-refractivity contribution is -0.354. The Morgan fingerprint density at radius 3 is 1.67 bits per heavy atom. The highest BCUT2D eigenvalue weighted by atomic mass is 16.7. The third-order valence-electron chi connectivity index (χ3n) is 6.81. The lowest BCUT2D eigenvalue weighted by Crippen LogP contribution is -2.64. The molecule has 14 heteroatoms. The number of hydrogen-bond acceptors (Lipinski definition) is 14. The zero-order valence-electron chi connectivity index (χ0n) is 20.8. The van der Waals surface area contributed by atoms with Crippen molar-refractivity contribution in [1.29, 1.82) is 0 Å². The van der Waals surface area contributed by atoms with Crippen LogP contribution in [-0.4, -0.2) is 152 Å². The Balaban J connectivity index is 0.00000222. The smallest absolute Gasteiger partial charge is 0.187 e. The monoisotopic (exact) mass is 530 g/mol. The van der Waals surface area contributed by atoms with E-state index in [0.717, 1.165) is 0 Å². The molecule has 0 aromatic heterocycles. The highest BCUT2D eigenvalue weighted by molar-refractivity contribution is 4.97. The number of hydrogen-bond donors (Lipinski definition) is 9. The van der Waals surface area contributed by atoms with Gasteiger partial charge in [0.05, 0.1) is 31.5 Å². The summed E-state index contributed by atoms with van der Waals surface area (Å²) >= 11 is 0. The summed E-state index contributed by atoms with van der Waals surface area (Å²) in [6.45, 7) is 4.20. The van der Waals surface area contributed by atoms with Gasteiger partial charge in [-0.15, -0.1) is 0 Å². The van der Waals surface area contributed by atoms with Crippen LogP contribution in [-0.2, 0) is 23.7 Å². The maximum Gasteiger partial charge on any atom is 0.187 e. The zero-order chi connectivity index (χ0) is 27.3. The molecule has 0 saturated carbocycles. The van der Waals surface area contributed by atoms with Crippen molar-refractivity contribution in [3.05, 3.63) is 0 Å². The summed E-state index contributed by atoms with van der Waals surface area (Å²) in [5.74, 6) is -0.926. The lowest BCUT2D eigenvalue weighted by Gasteiger charge is -2.49. The van der Waals surface area contributed by atoms with Crippen molar-refractivity contribution in [2.75, 3.05) is 20.3 Å². The molecule has 3 aliphatic rings. The molecule has 15 atom stereocenters. The lowest BCUT2D eigenvalue weighted by atomic mass is 9.83. The normalized spacial score (nSPS) is 49.8. The van der Waals surface area contributed by atoms with Gasteiger partial charge in [0.2, 0.25) is 0 Å². The van der Waals surface area contributed by atoms with Crippen LogP contribution < -0.4 is 0 Å². The molecule has 14 nitrogen and oxygen atoms in total. The van der Waals surface area contributed by atoms with E-state index in [2.05, 4.69) is 0 Å². The molecule has 3 aliphatic heterocycles. The van der Waals surface area contributed by atoms with Crippen LogP contribution in [0.4, 0.5) is 0 Å². The maximum atomic E-state index is 10.9. The number of aliphatic hydroxyl groups excluding tert-OH is 9. The van der Waals surface area contributed by atoms with E-state index < -0.39 is 105 Å². The van der Waals surface area contributed by atoms with E-state index >= 15 is 0 Å². The first-order chi connectivity index (χ1) is 17.0. The van der Waals surface area contributed by atoms with Crippen molar-refractivity contribution >= 4 is 0 Å². The van der Waals surface area contributed by atoms with Gasteiger partial charge in [0.25, 0.3) is 0 Å². The molecule has 36 heavy (non-hydrogen) atoms. The second-order valence-corrected chi connectivity index (χ2v) is 9.00. The summed E-state index contributed by atoms with van der Waals surface area (Å²) in [7, 11) is 1.30. The molecule has 3 saturated heterocycles. The number of aliphatic hydroxyl groups is 9. The Morgan fingerprint density at radius 1 is 0.611 bits per heavy atom. The molecule has 214 valence electrons. The van der Waals surface area contributed by atoms with Gasteiger partial charge in [0, 0.05) is 13.0 Å². The van der Waals surface area contributed by atoms with Crippen LogP contribution in [0.25, 0.3) is 0 Å². The van der Waals surface area contributed by atoms with Crippen molar-refractivity contribution in [1.82, 2.24) is 0 Å². The molecule has 9 N–H and O–H groups in total. The highest BCUT2D eigenvalue weighted by Gasteiger charge is 2.53. The maximum absolute atomic E-state index is 10.9. The molecule has 0 amide bonds. The summed E-state index contributed by atoms with van der Waals surface area (Å²) < 4.78 is 27.8. The van der Waals surface area contributed by atoms with Gasteiger partial charge in [-0.2, -0.15) is 0 Å². The van der Waals surface area contributed by atoms with Gasteiger partial charge in [-0.25, -0.2) is 0 Å². The summed E-state index contributed by atoms with van der Waals surface area (Å²) in [5, 5.41) is 90.9. The van der Waals surface area contributed by atoms with Crippen molar-refractivity contribution < 1.29 is 69.6 Å². The van der Waals surface area contributed by atoms with Crippen molar-refractivity contribution in [3.8, 4) is 0 Å². The summed E-state index contributed by atoms with van der Waals surface area (Å²) in [6, 6.07) is 0. The molecule has 0 bridgehead atoms. The number of rotatable bonds is 7. The van der Waals surface area contributed by atoms with E-state index in [1.54, 1.807) is 0 Å². The van der Waals surface area contributed by atoms with Gasteiger partial charge in [-0.1, -0.05) is 13.8 Å². The molecule has 0 aromatic rings. The summed E-state index contributed by atoms with van der Waals surface area (Å²) in [5.41, 5.74) is 0. The molecule has 3 rings (SSSR count). The fraction of sp³-hybridized carbons (Fsp3) is 1.00. The van der Waals surface area contributed by atoms with E-state index in [-0.39, 0.29) is 6.42 Å². The second-order valence-electron chi connectivity index (χ2n) is 9.00. The Kier molecular flexibility index (Phi) is 12.3. The third kappa shape index (κ3) is 6.52. The van der Waals surface area contributed by atoms with Crippen LogP contribution in [0.5, 0.6) is 0 Å². The molecular weight excluding hydrogens is 488 g/mol. The minimum atomic E-state index is -1.75. The Labute approximate surface area is 209 Å². The van der Waals surface area contributed by atoms with Crippen LogP contribution in [0, 0.1) is 5.92 Å². The molecule has 0 radical (unpaired) electrons. The fourth-order valence-corrected chi connectivity index (χ4v) is 4.72. The zero-order valence-corrected chi connectivity index (χ0v) is 20.8. The molecular formula is C22H42O14. The van der Waals surface area contributed by atoms with Gasteiger partial charge in [0.15, 0.2) is 12.6 Å². The standard InChI is InChI=1S/C20H36O14.C2H6/c1-6-11(23)15(27)12(24)8(31-6)3-7-18(14(26)10(5-22)32-19(7)30-2)34-20-17(29)16(28)13(25)9(4-21)33-20;1-2/h6-29H,3-5H2,1-2H3;1-2H3/t6-,7-,8+,9-,10-,11-,12-,13+,14+,15-,16+,17-,18?,19-,20+;/m1./s1. The summed E-state index contributed by atoms with van der Waals surface area (Å²) in [6.07, 6.45) is -19.3. The summed E-state index contributed by atoms with van der Waals surface area (Å²) in [4.78, 5) is 0. The van der Waals surface area contributed by atoms with Gasteiger partial charge in [0.1, 0.15) is 54.9 Å². The average Bonchev–Trinajstić information content (AvgIpc) is 2.89. The predicted molar refractivity (Wildman–Crippen MR) is 119 cm³/mol. The molecule has 0 aromatic carbocycles.